The Morgan fingerprint density at radius 3 is 2.69 bits per heavy atom. The van der Waals surface area contributed by atoms with E-state index >= 15 is 0 Å². The third kappa shape index (κ3) is 3.82. The van der Waals surface area contributed by atoms with Gasteiger partial charge in [-0.25, -0.2) is 0 Å². The summed E-state index contributed by atoms with van der Waals surface area (Å²) in [6.45, 7) is 3.90. The molecule has 4 aromatic rings. The molecular formula is C23H20N4O4S. The molecule has 0 radical (unpaired) electrons. The number of amides is 1. The lowest BCUT2D eigenvalue weighted by molar-refractivity contribution is -0.115. The number of hydrogen-bond acceptors (Lipinski definition) is 7. The van der Waals surface area contributed by atoms with Crippen molar-refractivity contribution in [3.8, 4) is 28.6 Å². The number of aromatic nitrogens is 3. The van der Waals surface area contributed by atoms with Crippen molar-refractivity contribution >= 4 is 23.4 Å². The van der Waals surface area contributed by atoms with Crippen LogP contribution in [-0.2, 0) is 4.79 Å². The smallest absolute Gasteiger partial charge is 0.237 e. The van der Waals surface area contributed by atoms with Gasteiger partial charge in [-0.3, -0.25) is 9.36 Å². The molecule has 1 N–H and O–H groups in total. The van der Waals surface area contributed by atoms with Crippen molar-refractivity contribution in [1.29, 1.82) is 0 Å². The highest BCUT2D eigenvalue weighted by Crippen LogP contribution is 2.35. The van der Waals surface area contributed by atoms with Crippen LogP contribution in [0.3, 0.4) is 0 Å². The van der Waals surface area contributed by atoms with Crippen LogP contribution < -0.4 is 14.8 Å². The van der Waals surface area contributed by atoms with Gasteiger partial charge in [0.15, 0.2) is 22.5 Å². The second-order valence-electron chi connectivity index (χ2n) is 7.18. The van der Waals surface area contributed by atoms with Crippen LogP contribution in [0.2, 0.25) is 0 Å². The molecule has 0 aliphatic carbocycles. The van der Waals surface area contributed by atoms with Crippen molar-refractivity contribution in [2.45, 2.75) is 24.3 Å². The number of carbonyl (C=O) groups excluding carboxylic acids is 1. The van der Waals surface area contributed by atoms with Crippen molar-refractivity contribution in [1.82, 2.24) is 14.8 Å². The lowest BCUT2D eigenvalue weighted by Gasteiger charge is -2.14. The standard InChI is InChI=1S/C23H20N4O4S/c1-14-18(10-11-29-14)21-25-26-23(27(21)17-6-4-3-5-7-17)32-15(2)22(28)24-16-8-9-19-20(12-16)31-13-30-19/h3-12,15H,13H2,1-2H3,(H,24,28)/t15-/m1/s1. The Kier molecular flexibility index (Phi) is 5.32. The van der Waals surface area contributed by atoms with Gasteiger partial charge in [0, 0.05) is 17.4 Å². The molecule has 2 aromatic carbocycles. The van der Waals surface area contributed by atoms with E-state index in [1.165, 1.54) is 11.8 Å². The van der Waals surface area contributed by atoms with Gasteiger partial charge in [-0.15, -0.1) is 10.2 Å². The molecule has 162 valence electrons. The highest BCUT2D eigenvalue weighted by Gasteiger charge is 2.24. The summed E-state index contributed by atoms with van der Waals surface area (Å²) in [5.74, 6) is 2.54. The SMILES string of the molecule is Cc1occc1-c1nnc(S[C@H](C)C(=O)Nc2ccc3c(c2)OCO3)n1-c1ccccc1. The van der Waals surface area contributed by atoms with Gasteiger partial charge in [-0.05, 0) is 44.2 Å². The predicted octanol–water partition coefficient (Wildman–Crippen LogP) is 4.68. The number of rotatable bonds is 6. The molecule has 1 amide bonds. The Hall–Kier alpha value is -3.72. The van der Waals surface area contributed by atoms with Crippen LogP contribution in [0.1, 0.15) is 12.7 Å². The number of anilines is 1. The fraction of sp³-hybridized carbons (Fsp3) is 0.174. The maximum absolute atomic E-state index is 12.9. The number of fused-ring (bicyclic) bond motifs is 1. The summed E-state index contributed by atoms with van der Waals surface area (Å²) in [6, 6.07) is 17.0. The van der Waals surface area contributed by atoms with Crippen molar-refractivity contribution in [3.05, 3.63) is 66.6 Å². The Morgan fingerprint density at radius 2 is 1.91 bits per heavy atom. The van der Waals surface area contributed by atoms with Gasteiger partial charge in [-0.1, -0.05) is 30.0 Å². The molecule has 32 heavy (non-hydrogen) atoms. The second-order valence-corrected chi connectivity index (χ2v) is 8.49. The zero-order chi connectivity index (χ0) is 22.1. The molecule has 3 heterocycles. The van der Waals surface area contributed by atoms with E-state index in [-0.39, 0.29) is 12.7 Å². The second kappa shape index (κ2) is 8.43. The zero-order valence-electron chi connectivity index (χ0n) is 17.4. The Bertz CT molecular complexity index is 1270. The maximum atomic E-state index is 12.9. The van der Waals surface area contributed by atoms with Crippen molar-refractivity contribution < 1.29 is 18.7 Å². The minimum absolute atomic E-state index is 0.155. The van der Waals surface area contributed by atoms with E-state index in [1.54, 1.807) is 24.5 Å². The first-order valence-corrected chi connectivity index (χ1v) is 10.9. The third-order valence-electron chi connectivity index (χ3n) is 5.04. The van der Waals surface area contributed by atoms with Crippen LogP contribution in [0.15, 0.2) is 70.4 Å². The first kappa shape index (κ1) is 20.2. The molecule has 8 nitrogen and oxygen atoms in total. The molecule has 0 unspecified atom stereocenters. The van der Waals surface area contributed by atoms with Gasteiger partial charge in [0.05, 0.1) is 17.1 Å². The van der Waals surface area contributed by atoms with E-state index in [0.717, 1.165) is 17.0 Å². The minimum Gasteiger partial charge on any atom is -0.469 e. The van der Waals surface area contributed by atoms with E-state index in [4.69, 9.17) is 13.9 Å². The van der Waals surface area contributed by atoms with Crippen LogP contribution in [0.4, 0.5) is 5.69 Å². The number of furan rings is 1. The average Bonchev–Trinajstić information content (AvgIpc) is 3.53. The minimum atomic E-state index is -0.426. The highest BCUT2D eigenvalue weighted by atomic mass is 32.2. The summed E-state index contributed by atoms with van der Waals surface area (Å²) in [5, 5.41) is 11.9. The monoisotopic (exact) mass is 448 g/mol. The van der Waals surface area contributed by atoms with E-state index in [9.17, 15) is 4.79 Å². The number of nitrogens with one attached hydrogen (secondary N) is 1. The Labute approximate surface area is 188 Å². The van der Waals surface area contributed by atoms with E-state index in [1.807, 2.05) is 54.8 Å². The van der Waals surface area contributed by atoms with Crippen molar-refractivity contribution in [3.63, 3.8) is 0 Å². The zero-order valence-corrected chi connectivity index (χ0v) is 18.3. The first-order chi connectivity index (χ1) is 15.6. The number of benzene rings is 2. The summed E-state index contributed by atoms with van der Waals surface area (Å²) in [5.41, 5.74) is 2.40. The van der Waals surface area contributed by atoms with E-state index in [0.29, 0.717) is 28.2 Å². The Balaban J connectivity index is 1.40. The molecule has 0 bridgehead atoms. The highest BCUT2D eigenvalue weighted by molar-refractivity contribution is 8.00. The quantitative estimate of drug-likeness (QED) is 0.428. The fourth-order valence-corrected chi connectivity index (χ4v) is 4.24. The normalized spacial score (nSPS) is 13.2. The van der Waals surface area contributed by atoms with Gasteiger partial charge >= 0.3 is 0 Å². The lowest BCUT2D eigenvalue weighted by atomic mass is 10.2. The molecule has 0 saturated carbocycles. The summed E-state index contributed by atoms with van der Waals surface area (Å²) in [4.78, 5) is 12.9. The fourth-order valence-electron chi connectivity index (χ4n) is 3.38. The molecule has 1 aliphatic rings. The van der Waals surface area contributed by atoms with Crippen LogP contribution in [0, 0.1) is 6.92 Å². The number of hydrogen-bond donors (Lipinski definition) is 1. The van der Waals surface area contributed by atoms with Crippen LogP contribution in [0.25, 0.3) is 17.1 Å². The van der Waals surface area contributed by atoms with Gasteiger partial charge in [0.25, 0.3) is 0 Å². The lowest BCUT2D eigenvalue weighted by Crippen LogP contribution is -2.22. The first-order valence-electron chi connectivity index (χ1n) is 10.0. The van der Waals surface area contributed by atoms with Gasteiger partial charge < -0.3 is 19.2 Å². The predicted molar refractivity (Wildman–Crippen MR) is 120 cm³/mol. The number of thioether (sulfide) groups is 1. The summed E-state index contributed by atoms with van der Waals surface area (Å²) in [6.07, 6.45) is 1.63. The summed E-state index contributed by atoms with van der Waals surface area (Å²) >= 11 is 1.33. The number of aryl methyl sites for hydroxylation is 1. The number of para-hydroxylation sites is 1. The largest absolute Gasteiger partial charge is 0.469 e. The molecule has 0 spiro atoms. The summed E-state index contributed by atoms with van der Waals surface area (Å²) in [7, 11) is 0. The Morgan fingerprint density at radius 1 is 1.09 bits per heavy atom. The van der Waals surface area contributed by atoms with Crippen LogP contribution in [-0.4, -0.2) is 32.7 Å². The van der Waals surface area contributed by atoms with Crippen molar-refractivity contribution in [2.75, 3.05) is 12.1 Å². The molecule has 0 fully saturated rings. The topological polar surface area (TPSA) is 91.4 Å². The third-order valence-corrected chi connectivity index (χ3v) is 6.08. The van der Waals surface area contributed by atoms with E-state index < -0.39 is 5.25 Å². The number of nitrogens with zero attached hydrogens (tertiary/aromatic N) is 3. The van der Waals surface area contributed by atoms with Gasteiger partial charge in [0.1, 0.15) is 5.76 Å². The van der Waals surface area contributed by atoms with Gasteiger partial charge in [0.2, 0.25) is 12.7 Å². The summed E-state index contributed by atoms with van der Waals surface area (Å²) < 4.78 is 18.1. The molecule has 1 atom stereocenters. The van der Waals surface area contributed by atoms with Crippen molar-refractivity contribution in [2.24, 2.45) is 0 Å². The average molecular weight is 449 g/mol. The molecular weight excluding hydrogens is 428 g/mol. The molecule has 5 rings (SSSR count). The van der Waals surface area contributed by atoms with Gasteiger partial charge in [-0.2, -0.15) is 0 Å². The van der Waals surface area contributed by atoms with Crippen LogP contribution in [0.5, 0.6) is 11.5 Å². The molecule has 9 heteroatoms. The maximum Gasteiger partial charge on any atom is 0.237 e. The number of ether oxygens (including phenoxy) is 2. The van der Waals surface area contributed by atoms with E-state index in [2.05, 4.69) is 15.5 Å². The molecule has 0 saturated heterocycles. The molecule has 1 aliphatic heterocycles. The van der Waals surface area contributed by atoms with Crippen LogP contribution >= 0.6 is 11.8 Å². The number of carbonyl (C=O) groups is 1. The molecule has 2 aromatic heterocycles.